The molecule has 1 aliphatic heterocycles. The van der Waals surface area contributed by atoms with Crippen LogP contribution in [0.15, 0.2) is 53.4 Å². The van der Waals surface area contributed by atoms with E-state index in [2.05, 4.69) is 10.6 Å². The maximum absolute atomic E-state index is 13.2. The average molecular weight is 468 g/mol. The molecule has 0 radical (unpaired) electrons. The first-order valence-electron chi connectivity index (χ1n) is 9.89. The summed E-state index contributed by atoms with van der Waals surface area (Å²) in [6, 6.07) is 10.8. The molecule has 10 heteroatoms. The van der Waals surface area contributed by atoms with Crippen molar-refractivity contribution in [2.75, 3.05) is 18.4 Å². The largest absolute Gasteiger partial charge is 0.348 e. The molecule has 1 fully saturated rings. The summed E-state index contributed by atoms with van der Waals surface area (Å²) in [6.07, 6.45) is 2.60. The summed E-state index contributed by atoms with van der Waals surface area (Å²) >= 11 is 5.79. The molecule has 2 amide bonds. The van der Waals surface area contributed by atoms with Gasteiger partial charge in [0.05, 0.1) is 4.90 Å². The zero-order valence-electron chi connectivity index (χ0n) is 16.7. The first kappa shape index (κ1) is 23.2. The van der Waals surface area contributed by atoms with E-state index in [0.29, 0.717) is 30.1 Å². The Hall–Kier alpha value is -2.49. The number of sulfonamides is 1. The molecule has 2 aromatic carbocycles. The zero-order chi connectivity index (χ0) is 22.4. The van der Waals surface area contributed by atoms with E-state index in [0.717, 1.165) is 25.0 Å². The van der Waals surface area contributed by atoms with Crippen molar-refractivity contribution in [3.63, 3.8) is 0 Å². The second-order valence-electron chi connectivity index (χ2n) is 7.22. The van der Waals surface area contributed by atoms with Crippen molar-refractivity contribution in [3.8, 4) is 0 Å². The van der Waals surface area contributed by atoms with Gasteiger partial charge in [0.15, 0.2) is 0 Å². The van der Waals surface area contributed by atoms with Gasteiger partial charge in [-0.2, -0.15) is 4.31 Å². The first-order chi connectivity index (χ1) is 14.8. The molecule has 1 atom stereocenters. The third-order valence-electron chi connectivity index (χ3n) is 5.06. The predicted octanol–water partition coefficient (Wildman–Crippen LogP) is 3.17. The number of piperidine rings is 1. The van der Waals surface area contributed by atoms with Crippen LogP contribution in [0.2, 0.25) is 5.02 Å². The number of benzene rings is 2. The number of carbonyl (C=O) groups excluding carboxylic acids is 2. The summed E-state index contributed by atoms with van der Waals surface area (Å²) in [5.74, 6) is -2.13. The minimum Gasteiger partial charge on any atom is -0.348 e. The quantitative estimate of drug-likeness (QED) is 0.638. The Bertz CT molecular complexity index is 1030. The Labute approximate surface area is 185 Å². The average Bonchev–Trinajstić information content (AvgIpc) is 2.76. The van der Waals surface area contributed by atoms with Gasteiger partial charge in [-0.05, 0) is 67.8 Å². The van der Waals surface area contributed by atoms with Crippen LogP contribution in [0.1, 0.15) is 25.7 Å². The highest BCUT2D eigenvalue weighted by Gasteiger charge is 2.33. The molecule has 1 saturated heterocycles. The van der Waals surface area contributed by atoms with E-state index in [-0.39, 0.29) is 17.5 Å². The fourth-order valence-corrected chi connectivity index (χ4v) is 5.32. The molecular weight excluding hydrogens is 445 g/mol. The lowest BCUT2D eigenvalue weighted by Gasteiger charge is -2.34. The van der Waals surface area contributed by atoms with E-state index in [1.54, 1.807) is 24.3 Å². The minimum atomic E-state index is -3.78. The fourth-order valence-electron chi connectivity index (χ4n) is 3.47. The number of carbonyl (C=O) groups is 2. The second kappa shape index (κ2) is 10.2. The molecule has 0 spiro atoms. The Morgan fingerprint density at radius 2 is 1.71 bits per heavy atom. The van der Waals surface area contributed by atoms with Crippen molar-refractivity contribution >= 4 is 39.1 Å². The normalized spacial score (nSPS) is 17.2. The zero-order valence-corrected chi connectivity index (χ0v) is 18.3. The summed E-state index contributed by atoms with van der Waals surface area (Å²) < 4.78 is 40.5. The maximum atomic E-state index is 13.2. The van der Waals surface area contributed by atoms with Crippen LogP contribution in [-0.2, 0) is 19.6 Å². The summed E-state index contributed by atoms with van der Waals surface area (Å²) in [6.45, 7) is 0.502. The molecule has 0 bridgehead atoms. The third-order valence-corrected chi connectivity index (χ3v) is 7.28. The smallest absolute Gasteiger partial charge is 0.313 e. The van der Waals surface area contributed by atoms with Crippen LogP contribution in [0.4, 0.5) is 10.1 Å². The monoisotopic (exact) mass is 467 g/mol. The van der Waals surface area contributed by atoms with Crippen LogP contribution >= 0.6 is 11.6 Å². The van der Waals surface area contributed by atoms with Crippen molar-refractivity contribution < 1.29 is 22.4 Å². The highest BCUT2D eigenvalue weighted by molar-refractivity contribution is 7.89. The Kier molecular flexibility index (Phi) is 7.64. The van der Waals surface area contributed by atoms with Gasteiger partial charge in [-0.3, -0.25) is 9.59 Å². The molecule has 1 unspecified atom stereocenters. The highest BCUT2D eigenvalue weighted by atomic mass is 35.5. The van der Waals surface area contributed by atoms with Gasteiger partial charge in [0.2, 0.25) is 10.0 Å². The Morgan fingerprint density at radius 3 is 2.39 bits per heavy atom. The van der Waals surface area contributed by atoms with Gasteiger partial charge >= 0.3 is 11.8 Å². The summed E-state index contributed by atoms with van der Waals surface area (Å²) in [4.78, 5) is 24.1. The molecular formula is C21H23ClFN3O4S. The lowest BCUT2D eigenvalue weighted by molar-refractivity contribution is -0.136. The lowest BCUT2D eigenvalue weighted by atomic mass is 10.0. The van der Waals surface area contributed by atoms with Crippen LogP contribution < -0.4 is 10.6 Å². The number of nitrogens with one attached hydrogen (secondary N) is 2. The van der Waals surface area contributed by atoms with Gasteiger partial charge in [0.1, 0.15) is 5.82 Å². The molecule has 31 heavy (non-hydrogen) atoms. The van der Waals surface area contributed by atoms with Gasteiger partial charge in [-0.15, -0.1) is 0 Å². The fraction of sp³-hybridized carbons (Fsp3) is 0.333. The Morgan fingerprint density at radius 1 is 1.03 bits per heavy atom. The van der Waals surface area contributed by atoms with E-state index in [4.69, 9.17) is 11.6 Å². The Balaban J connectivity index is 1.56. The van der Waals surface area contributed by atoms with E-state index in [1.807, 2.05) is 0 Å². The maximum Gasteiger partial charge on any atom is 0.313 e. The number of hydrogen-bond acceptors (Lipinski definition) is 4. The molecule has 0 aromatic heterocycles. The molecule has 0 saturated carbocycles. The van der Waals surface area contributed by atoms with Crippen molar-refractivity contribution in [2.24, 2.45) is 0 Å². The van der Waals surface area contributed by atoms with Gasteiger partial charge in [0, 0.05) is 29.8 Å². The molecule has 2 aromatic rings. The standard InChI is InChI=1S/C21H23ClFN3O4S/c22-15-4-8-17(9-5-15)25-21(28)20(27)24-13-12-18-3-1-2-14-26(18)31(29,30)19-10-6-16(23)7-11-19/h4-11,18H,1-3,12-14H2,(H,24,27)(H,25,28). The SMILES string of the molecule is O=C(NCCC1CCCCN1S(=O)(=O)c1ccc(F)cc1)C(=O)Nc1ccc(Cl)cc1. The van der Waals surface area contributed by atoms with E-state index < -0.39 is 27.7 Å². The van der Waals surface area contributed by atoms with Crippen molar-refractivity contribution in [1.82, 2.24) is 9.62 Å². The number of hydrogen-bond donors (Lipinski definition) is 2. The number of halogens is 2. The number of anilines is 1. The summed E-state index contributed by atoms with van der Waals surface area (Å²) in [7, 11) is -3.78. The summed E-state index contributed by atoms with van der Waals surface area (Å²) in [5, 5.41) is 5.51. The topological polar surface area (TPSA) is 95.6 Å². The molecule has 0 aliphatic carbocycles. The molecule has 1 heterocycles. The van der Waals surface area contributed by atoms with Crippen molar-refractivity contribution in [1.29, 1.82) is 0 Å². The van der Waals surface area contributed by atoms with E-state index in [9.17, 15) is 22.4 Å². The van der Waals surface area contributed by atoms with Gasteiger partial charge < -0.3 is 10.6 Å². The van der Waals surface area contributed by atoms with Crippen LogP contribution in [-0.4, -0.2) is 43.7 Å². The van der Waals surface area contributed by atoms with Crippen molar-refractivity contribution in [3.05, 3.63) is 59.4 Å². The molecule has 3 rings (SSSR count). The molecule has 7 nitrogen and oxygen atoms in total. The molecule has 166 valence electrons. The first-order valence-corrected chi connectivity index (χ1v) is 11.7. The molecule has 1 aliphatic rings. The molecule has 2 N–H and O–H groups in total. The predicted molar refractivity (Wildman–Crippen MR) is 116 cm³/mol. The van der Waals surface area contributed by atoms with Gasteiger partial charge in [-0.1, -0.05) is 18.0 Å². The number of nitrogens with zero attached hydrogens (tertiary/aromatic N) is 1. The number of rotatable bonds is 6. The van der Waals surface area contributed by atoms with Crippen LogP contribution in [0.25, 0.3) is 0 Å². The van der Waals surface area contributed by atoms with Gasteiger partial charge in [0.25, 0.3) is 0 Å². The third kappa shape index (κ3) is 6.03. The highest BCUT2D eigenvalue weighted by Crippen LogP contribution is 2.27. The van der Waals surface area contributed by atoms with Crippen LogP contribution in [0, 0.1) is 5.82 Å². The minimum absolute atomic E-state index is 0.0344. The van der Waals surface area contributed by atoms with E-state index >= 15 is 0 Å². The van der Waals surface area contributed by atoms with Crippen LogP contribution in [0.3, 0.4) is 0 Å². The van der Waals surface area contributed by atoms with Crippen molar-refractivity contribution in [2.45, 2.75) is 36.6 Å². The lowest BCUT2D eigenvalue weighted by Crippen LogP contribution is -2.45. The van der Waals surface area contributed by atoms with E-state index in [1.165, 1.54) is 16.4 Å². The van der Waals surface area contributed by atoms with Crippen LogP contribution in [0.5, 0.6) is 0 Å². The van der Waals surface area contributed by atoms with Gasteiger partial charge in [-0.25, -0.2) is 12.8 Å². The summed E-state index contributed by atoms with van der Waals surface area (Å²) in [5.41, 5.74) is 0.438. The second-order valence-corrected chi connectivity index (χ2v) is 9.55. The number of amides is 2.